The molecule has 1 aromatic carbocycles. The molecule has 2 aliphatic rings. The molecule has 2 aliphatic carbocycles. The van der Waals surface area contributed by atoms with Crippen LogP contribution in [-0.4, -0.2) is 12.1 Å². The Hall–Kier alpha value is -0.820. The fraction of sp³-hybridized carbons (Fsp3) is 0.700. The number of benzene rings is 1. The molecule has 0 heterocycles. The lowest BCUT2D eigenvalue weighted by Gasteiger charge is -2.40. The molecule has 0 unspecified atom stereocenters. The molecule has 0 spiro atoms. The summed E-state index contributed by atoms with van der Waals surface area (Å²) in [6.45, 7) is 4.68. The molecule has 1 atom stereocenters. The molecule has 0 saturated heterocycles. The highest BCUT2D eigenvalue weighted by atomic mass is 15.0. The van der Waals surface area contributed by atoms with E-state index in [0.717, 1.165) is 17.9 Å². The van der Waals surface area contributed by atoms with E-state index in [1.807, 2.05) is 0 Å². The van der Waals surface area contributed by atoms with Gasteiger partial charge < -0.3 is 5.32 Å². The van der Waals surface area contributed by atoms with Crippen molar-refractivity contribution in [1.29, 1.82) is 0 Å². The number of hydrogen-bond donors (Lipinski definition) is 1. The molecular weight excluding hydrogens is 254 g/mol. The van der Waals surface area contributed by atoms with Gasteiger partial charge in [0.05, 0.1) is 0 Å². The predicted molar refractivity (Wildman–Crippen MR) is 90.7 cm³/mol. The van der Waals surface area contributed by atoms with E-state index in [1.54, 1.807) is 5.56 Å². The minimum absolute atomic E-state index is 0.714. The van der Waals surface area contributed by atoms with Crippen molar-refractivity contribution in [2.75, 3.05) is 0 Å². The molecule has 0 bridgehead atoms. The highest BCUT2D eigenvalue weighted by Gasteiger charge is 2.32. The van der Waals surface area contributed by atoms with Crippen molar-refractivity contribution in [2.45, 2.75) is 83.2 Å². The molecule has 0 radical (unpaired) electrons. The van der Waals surface area contributed by atoms with Crippen molar-refractivity contribution in [3.05, 3.63) is 35.4 Å². The van der Waals surface area contributed by atoms with Gasteiger partial charge in [0.25, 0.3) is 0 Å². The van der Waals surface area contributed by atoms with E-state index in [9.17, 15) is 0 Å². The van der Waals surface area contributed by atoms with Gasteiger partial charge in [0.2, 0.25) is 0 Å². The van der Waals surface area contributed by atoms with Crippen LogP contribution in [0.25, 0.3) is 0 Å². The minimum atomic E-state index is 0.714. The van der Waals surface area contributed by atoms with E-state index in [4.69, 9.17) is 0 Å². The molecule has 0 amide bonds. The Morgan fingerprint density at radius 1 is 1.00 bits per heavy atom. The third-order valence-corrected chi connectivity index (χ3v) is 5.87. The summed E-state index contributed by atoms with van der Waals surface area (Å²) in [6, 6.07) is 10.4. The Morgan fingerprint density at radius 3 is 2.33 bits per heavy atom. The number of aryl methyl sites for hydroxylation is 1. The third-order valence-electron chi connectivity index (χ3n) is 5.87. The van der Waals surface area contributed by atoms with Gasteiger partial charge in [0.1, 0.15) is 0 Å². The first-order valence-electron chi connectivity index (χ1n) is 9.05. The molecule has 1 heteroatoms. The van der Waals surface area contributed by atoms with Crippen LogP contribution < -0.4 is 5.32 Å². The fourth-order valence-corrected chi connectivity index (χ4v) is 4.37. The van der Waals surface area contributed by atoms with Crippen molar-refractivity contribution in [2.24, 2.45) is 5.92 Å². The second-order valence-electron chi connectivity index (χ2n) is 7.43. The quantitative estimate of drug-likeness (QED) is 0.751. The number of hydrogen-bond acceptors (Lipinski definition) is 1. The molecular formula is C20H31N. The normalized spacial score (nSPS) is 28.7. The van der Waals surface area contributed by atoms with Crippen molar-refractivity contribution in [1.82, 2.24) is 5.32 Å². The molecule has 2 fully saturated rings. The van der Waals surface area contributed by atoms with Crippen LogP contribution in [0, 0.1) is 12.8 Å². The number of nitrogens with one attached hydrogen (secondary N) is 1. The maximum absolute atomic E-state index is 3.93. The van der Waals surface area contributed by atoms with Gasteiger partial charge in [-0.25, -0.2) is 0 Å². The van der Waals surface area contributed by atoms with Gasteiger partial charge in [-0.3, -0.25) is 0 Å². The maximum Gasteiger partial charge on any atom is 0.00813 e. The molecule has 116 valence electrons. The maximum atomic E-state index is 3.93. The standard InChI is InChI=1S/C20H31N/c1-15-9-7-8-12-20(15)18-13-19(14-18)21-16(2)17-10-5-3-4-6-11-17/h7-9,12,16-19,21H,3-6,10-11,13-14H2,1-2H3/t16-,18?,19?/m0/s1. The summed E-state index contributed by atoms with van der Waals surface area (Å²) in [5.74, 6) is 1.72. The van der Waals surface area contributed by atoms with Gasteiger partial charge in [0, 0.05) is 12.1 Å². The first-order valence-corrected chi connectivity index (χ1v) is 9.05. The van der Waals surface area contributed by atoms with Gasteiger partial charge in [-0.15, -0.1) is 0 Å². The van der Waals surface area contributed by atoms with Crippen LogP contribution in [0.4, 0.5) is 0 Å². The molecule has 21 heavy (non-hydrogen) atoms. The molecule has 0 aliphatic heterocycles. The lowest BCUT2D eigenvalue weighted by molar-refractivity contribution is 0.228. The monoisotopic (exact) mass is 285 g/mol. The molecule has 1 aromatic rings. The highest BCUT2D eigenvalue weighted by Crippen LogP contribution is 2.39. The smallest absolute Gasteiger partial charge is 0.00813 e. The van der Waals surface area contributed by atoms with Crippen LogP contribution >= 0.6 is 0 Å². The summed E-state index contributed by atoms with van der Waals surface area (Å²) in [6.07, 6.45) is 11.4. The van der Waals surface area contributed by atoms with E-state index in [2.05, 4.69) is 43.4 Å². The molecule has 1 N–H and O–H groups in total. The van der Waals surface area contributed by atoms with Crippen LogP contribution in [0.5, 0.6) is 0 Å². The van der Waals surface area contributed by atoms with E-state index >= 15 is 0 Å². The van der Waals surface area contributed by atoms with Crippen LogP contribution in [0.3, 0.4) is 0 Å². The zero-order valence-electron chi connectivity index (χ0n) is 13.8. The molecule has 3 rings (SSSR count). The molecule has 0 aromatic heterocycles. The summed E-state index contributed by atoms with van der Waals surface area (Å²) in [4.78, 5) is 0. The SMILES string of the molecule is Cc1ccccc1C1CC(N[C@@H](C)C2CCCCCC2)C1. The molecule has 2 saturated carbocycles. The van der Waals surface area contributed by atoms with Crippen LogP contribution in [-0.2, 0) is 0 Å². The Bertz CT molecular complexity index is 439. The van der Waals surface area contributed by atoms with Gasteiger partial charge >= 0.3 is 0 Å². The fourth-order valence-electron chi connectivity index (χ4n) is 4.37. The average molecular weight is 285 g/mol. The van der Waals surface area contributed by atoms with E-state index in [0.29, 0.717) is 6.04 Å². The summed E-state index contributed by atoms with van der Waals surface area (Å²) in [7, 11) is 0. The van der Waals surface area contributed by atoms with Crippen molar-refractivity contribution < 1.29 is 0 Å². The van der Waals surface area contributed by atoms with Crippen molar-refractivity contribution >= 4 is 0 Å². The summed E-state index contributed by atoms with van der Waals surface area (Å²) >= 11 is 0. The van der Waals surface area contributed by atoms with Gasteiger partial charge in [-0.2, -0.15) is 0 Å². The first kappa shape index (κ1) is 15.1. The van der Waals surface area contributed by atoms with E-state index < -0.39 is 0 Å². The second-order valence-corrected chi connectivity index (χ2v) is 7.43. The van der Waals surface area contributed by atoms with Crippen LogP contribution in [0.1, 0.15) is 75.3 Å². The first-order chi connectivity index (χ1) is 10.2. The van der Waals surface area contributed by atoms with E-state index in [1.165, 1.54) is 56.9 Å². The van der Waals surface area contributed by atoms with Gasteiger partial charge in [-0.05, 0) is 62.5 Å². The van der Waals surface area contributed by atoms with Gasteiger partial charge in [-0.1, -0.05) is 49.9 Å². The largest absolute Gasteiger partial charge is 0.311 e. The van der Waals surface area contributed by atoms with E-state index in [-0.39, 0.29) is 0 Å². The summed E-state index contributed by atoms with van der Waals surface area (Å²) in [5, 5.41) is 3.93. The minimum Gasteiger partial charge on any atom is -0.311 e. The Labute approximate surface area is 130 Å². The number of rotatable bonds is 4. The van der Waals surface area contributed by atoms with Crippen LogP contribution in [0.2, 0.25) is 0 Å². The lowest BCUT2D eigenvalue weighted by Crippen LogP contribution is -2.47. The highest BCUT2D eigenvalue weighted by molar-refractivity contribution is 5.31. The zero-order valence-corrected chi connectivity index (χ0v) is 13.8. The molecule has 1 nitrogen and oxygen atoms in total. The average Bonchev–Trinajstić information content (AvgIpc) is 2.72. The third kappa shape index (κ3) is 3.69. The predicted octanol–water partition coefficient (Wildman–Crippen LogP) is 5.19. The second kappa shape index (κ2) is 6.96. The lowest BCUT2D eigenvalue weighted by atomic mass is 9.74. The Morgan fingerprint density at radius 2 is 1.67 bits per heavy atom. The summed E-state index contributed by atoms with van der Waals surface area (Å²) < 4.78 is 0. The van der Waals surface area contributed by atoms with Crippen LogP contribution in [0.15, 0.2) is 24.3 Å². The van der Waals surface area contributed by atoms with Gasteiger partial charge in [0.15, 0.2) is 0 Å². The topological polar surface area (TPSA) is 12.0 Å². The van der Waals surface area contributed by atoms with Crippen molar-refractivity contribution in [3.8, 4) is 0 Å². The zero-order chi connectivity index (χ0) is 14.7. The Kier molecular flexibility index (Phi) is 5.00. The Balaban J connectivity index is 1.47. The summed E-state index contributed by atoms with van der Waals surface area (Å²) in [5.41, 5.74) is 3.05. The van der Waals surface area contributed by atoms with Crippen molar-refractivity contribution in [3.63, 3.8) is 0 Å².